The van der Waals surface area contributed by atoms with Gasteiger partial charge in [0, 0.05) is 12.7 Å². The van der Waals surface area contributed by atoms with Gasteiger partial charge in [-0.3, -0.25) is 4.79 Å². The van der Waals surface area contributed by atoms with Crippen molar-refractivity contribution in [2.45, 2.75) is 13.5 Å². The average Bonchev–Trinajstić information content (AvgIpc) is 2.60. The number of methoxy groups -OCH3 is 1. The number of benzene rings is 2. The molecule has 0 saturated heterocycles. The molecule has 0 fully saturated rings. The summed E-state index contributed by atoms with van der Waals surface area (Å²) in [6.07, 6.45) is 1.42. The Morgan fingerprint density at radius 3 is 2.67 bits per heavy atom. The van der Waals surface area contributed by atoms with E-state index in [1.165, 1.54) is 13.3 Å². The summed E-state index contributed by atoms with van der Waals surface area (Å²) in [4.78, 5) is 12.3. The molecule has 0 radical (unpaired) electrons. The third kappa shape index (κ3) is 4.62. The van der Waals surface area contributed by atoms with Gasteiger partial charge in [-0.25, -0.2) is 0 Å². The van der Waals surface area contributed by atoms with E-state index in [1.807, 2.05) is 49.4 Å². The molecule has 0 aliphatic carbocycles. The van der Waals surface area contributed by atoms with Gasteiger partial charge in [-0.2, -0.15) is 5.26 Å². The molecule has 1 amide bonds. The lowest BCUT2D eigenvalue weighted by Gasteiger charge is -2.10. The zero-order valence-electron chi connectivity index (χ0n) is 13.7. The second-order valence-corrected chi connectivity index (χ2v) is 5.19. The molecule has 0 aromatic heterocycles. The fourth-order valence-corrected chi connectivity index (χ4v) is 2.12. The number of aryl methyl sites for hydroxylation is 1. The minimum Gasteiger partial charge on any atom is -0.495 e. The summed E-state index contributed by atoms with van der Waals surface area (Å²) in [5.41, 5.74) is 2.57. The van der Waals surface area contributed by atoms with Crippen LogP contribution in [0.25, 0.3) is 0 Å². The van der Waals surface area contributed by atoms with Gasteiger partial charge in [0.05, 0.1) is 12.8 Å². The van der Waals surface area contributed by atoms with Crippen LogP contribution >= 0.6 is 0 Å². The van der Waals surface area contributed by atoms with Gasteiger partial charge in [0.2, 0.25) is 0 Å². The van der Waals surface area contributed by atoms with E-state index in [-0.39, 0.29) is 5.57 Å². The Hall–Kier alpha value is -3.26. The van der Waals surface area contributed by atoms with Crippen LogP contribution in [0.2, 0.25) is 0 Å². The van der Waals surface area contributed by atoms with E-state index < -0.39 is 5.91 Å². The molecule has 2 aromatic carbocycles. The number of hydrogen-bond acceptors (Lipinski definition) is 4. The molecule has 5 heteroatoms. The Morgan fingerprint density at radius 1 is 1.25 bits per heavy atom. The van der Waals surface area contributed by atoms with Gasteiger partial charge < -0.3 is 15.4 Å². The first-order valence-electron chi connectivity index (χ1n) is 7.47. The zero-order chi connectivity index (χ0) is 17.4. The topological polar surface area (TPSA) is 74.1 Å². The average molecular weight is 321 g/mol. The molecular weight excluding hydrogens is 302 g/mol. The quantitative estimate of drug-likeness (QED) is 0.633. The summed E-state index contributed by atoms with van der Waals surface area (Å²) in [6, 6.07) is 17.1. The van der Waals surface area contributed by atoms with Crippen LogP contribution in [-0.2, 0) is 11.3 Å². The van der Waals surface area contributed by atoms with Crippen molar-refractivity contribution in [3.8, 4) is 11.8 Å². The molecule has 0 unspecified atom stereocenters. The summed E-state index contributed by atoms with van der Waals surface area (Å²) in [5.74, 6) is 0.0606. The van der Waals surface area contributed by atoms with E-state index >= 15 is 0 Å². The van der Waals surface area contributed by atoms with Crippen molar-refractivity contribution >= 4 is 11.6 Å². The van der Waals surface area contributed by atoms with Crippen molar-refractivity contribution in [3.63, 3.8) is 0 Å². The van der Waals surface area contributed by atoms with E-state index in [4.69, 9.17) is 4.74 Å². The Labute approximate surface area is 141 Å². The number of carbonyl (C=O) groups is 1. The second kappa shape index (κ2) is 8.39. The maximum atomic E-state index is 12.3. The maximum absolute atomic E-state index is 12.3. The lowest BCUT2D eigenvalue weighted by molar-refractivity contribution is -0.112. The molecule has 0 aliphatic heterocycles. The van der Waals surface area contributed by atoms with Gasteiger partial charge in [-0.15, -0.1) is 0 Å². The smallest absolute Gasteiger partial charge is 0.267 e. The highest BCUT2D eigenvalue weighted by Crippen LogP contribution is 2.25. The molecule has 0 heterocycles. The summed E-state index contributed by atoms with van der Waals surface area (Å²) in [7, 11) is 1.53. The molecule has 122 valence electrons. The molecule has 0 bridgehead atoms. The number of nitrogens with zero attached hydrogens (tertiary/aromatic N) is 1. The highest BCUT2D eigenvalue weighted by Gasteiger charge is 2.12. The standard InChI is InChI=1S/C19H19N3O2/c1-14-8-9-18(24-2)17(10-14)22-19(23)16(11-20)13-21-12-15-6-4-3-5-7-15/h3-10,13,21H,12H2,1-2H3,(H,22,23)/b16-13-. The molecule has 2 rings (SSSR count). The van der Waals surface area contributed by atoms with E-state index in [1.54, 1.807) is 12.1 Å². The third-order valence-corrected chi connectivity index (χ3v) is 3.36. The van der Waals surface area contributed by atoms with Crippen molar-refractivity contribution in [2.24, 2.45) is 0 Å². The number of nitrogens with one attached hydrogen (secondary N) is 2. The monoisotopic (exact) mass is 321 g/mol. The Morgan fingerprint density at radius 2 is 2.00 bits per heavy atom. The van der Waals surface area contributed by atoms with E-state index in [0.29, 0.717) is 18.0 Å². The van der Waals surface area contributed by atoms with Gasteiger partial charge in [0.15, 0.2) is 0 Å². The Kier molecular flexibility index (Phi) is 5.98. The molecule has 24 heavy (non-hydrogen) atoms. The predicted octanol–water partition coefficient (Wildman–Crippen LogP) is 3.14. The lowest BCUT2D eigenvalue weighted by Crippen LogP contribution is -2.17. The van der Waals surface area contributed by atoms with Crippen LogP contribution in [0.1, 0.15) is 11.1 Å². The predicted molar refractivity (Wildman–Crippen MR) is 93.3 cm³/mol. The van der Waals surface area contributed by atoms with E-state index in [2.05, 4.69) is 10.6 Å². The number of rotatable bonds is 6. The Balaban J connectivity index is 2.05. The normalized spacial score (nSPS) is 10.6. The van der Waals surface area contributed by atoms with Crippen LogP contribution in [0.3, 0.4) is 0 Å². The fourth-order valence-electron chi connectivity index (χ4n) is 2.12. The number of amides is 1. The first-order valence-corrected chi connectivity index (χ1v) is 7.47. The molecular formula is C19H19N3O2. The van der Waals surface area contributed by atoms with Crippen LogP contribution in [0.15, 0.2) is 60.3 Å². The van der Waals surface area contributed by atoms with E-state index in [9.17, 15) is 10.1 Å². The van der Waals surface area contributed by atoms with Gasteiger partial charge in [-0.1, -0.05) is 36.4 Å². The van der Waals surface area contributed by atoms with Crippen LogP contribution in [-0.4, -0.2) is 13.0 Å². The highest BCUT2D eigenvalue weighted by atomic mass is 16.5. The minimum absolute atomic E-state index is 0.00510. The minimum atomic E-state index is -0.484. The lowest BCUT2D eigenvalue weighted by atomic mass is 10.2. The van der Waals surface area contributed by atoms with Crippen LogP contribution in [0.5, 0.6) is 5.75 Å². The van der Waals surface area contributed by atoms with Gasteiger partial charge in [0.25, 0.3) is 5.91 Å². The molecule has 0 spiro atoms. The van der Waals surface area contributed by atoms with Crippen molar-refractivity contribution < 1.29 is 9.53 Å². The number of ether oxygens (including phenoxy) is 1. The SMILES string of the molecule is COc1ccc(C)cc1NC(=O)/C(C#N)=C\NCc1ccccc1. The number of carbonyl (C=O) groups excluding carboxylic acids is 1. The molecule has 2 N–H and O–H groups in total. The number of anilines is 1. The van der Waals surface area contributed by atoms with Gasteiger partial charge in [-0.05, 0) is 30.2 Å². The van der Waals surface area contributed by atoms with Gasteiger partial charge >= 0.3 is 0 Å². The van der Waals surface area contributed by atoms with Crippen molar-refractivity contribution in [3.05, 3.63) is 71.4 Å². The molecule has 0 atom stereocenters. The summed E-state index contributed by atoms with van der Waals surface area (Å²) in [5, 5.41) is 14.9. The number of hydrogen-bond donors (Lipinski definition) is 2. The fraction of sp³-hybridized carbons (Fsp3) is 0.158. The van der Waals surface area contributed by atoms with Gasteiger partial charge in [0.1, 0.15) is 17.4 Å². The van der Waals surface area contributed by atoms with Crippen molar-refractivity contribution in [1.29, 1.82) is 5.26 Å². The van der Waals surface area contributed by atoms with Crippen molar-refractivity contribution in [2.75, 3.05) is 12.4 Å². The third-order valence-electron chi connectivity index (χ3n) is 3.36. The largest absolute Gasteiger partial charge is 0.495 e. The Bertz CT molecular complexity index is 777. The number of nitriles is 1. The first kappa shape index (κ1) is 17.1. The molecule has 0 saturated carbocycles. The molecule has 5 nitrogen and oxygen atoms in total. The van der Waals surface area contributed by atoms with Crippen LogP contribution in [0.4, 0.5) is 5.69 Å². The highest BCUT2D eigenvalue weighted by molar-refractivity contribution is 6.07. The molecule has 0 aliphatic rings. The van der Waals surface area contributed by atoms with E-state index in [0.717, 1.165) is 11.1 Å². The van der Waals surface area contributed by atoms with Crippen molar-refractivity contribution in [1.82, 2.24) is 5.32 Å². The second-order valence-electron chi connectivity index (χ2n) is 5.19. The molecule has 2 aromatic rings. The maximum Gasteiger partial charge on any atom is 0.267 e. The zero-order valence-corrected chi connectivity index (χ0v) is 13.7. The van der Waals surface area contributed by atoms with Crippen LogP contribution < -0.4 is 15.4 Å². The summed E-state index contributed by atoms with van der Waals surface area (Å²) >= 11 is 0. The summed E-state index contributed by atoms with van der Waals surface area (Å²) in [6.45, 7) is 2.45. The first-order chi connectivity index (χ1) is 11.6. The summed E-state index contributed by atoms with van der Waals surface area (Å²) < 4.78 is 5.22. The van der Waals surface area contributed by atoms with Crippen LogP contribution in [0, 0.1) is 18.3 Å².